The highest BCUT2D eigenvalue weighted by molar-refractivity contribution is 6.03. The topological polar surface area (TPSA) is 88.8 Å². The van der Waals surface area contributed by atoms with Gasteiger partial charge in [-0.3, -0.25) is 14.6 Å². The number of nitrogens with zero attached hydrogens (tertiary/aromatic N) is 1. The predicted octanol–water partition coefficient (Wildman–Crippen LogP) is 4.70. The summed E-state index contributed by atoms with van der Waals surface area (Å²) >= 11 is 0. The van der Waals surface area contributed by atoms with Crippen LogP contribution >= 0.6 is 0 Å². The summed E-state index contributed by atoms with van der Waals surface area (Å²) in [6.45, 7) is 3.41. The number of halogens is 3. The molecule has 0 bridgehead atoms. The Morgan fingerprint density at radius 3 is 2.55 bits per heavy atom. The normalized spacial score (nSPS) is 20.0. The lowest BCUT2D eigenvalue weighted by Crippen LogP contribution is -2.33. The van der Waals surface area contributed by atoms with Gasteiger partial charge in [0.1, 0.15) is 11.5 Å². The van der Waals surface area contributed by atoms with Gasteiger partial charge in [-0.25, -0.2) is 13.2 Å². The van der Waals surface area contributed by atoms with Gasteiger partial charge >= 0.3 is 0 Å². The van der Waals surface area contributed by atoms with Crippen LogP contribution < -0.4 is 11.2 Å². The second-order valence-electron chi connectivity index (χ2n) is 7.97. The van der Waals surface area contributed by atoms with E-state index in [1.807, 2.05) is 13.0 Å². The highest BCUT2D eigenvalue weighted by atomic mass is 19.3. The number of nitrogens with two attached hydrogens (primary N) is 1. The molecule has 8 heteroatoms. The predicted molar refractivity (Wildman–Crippen MR) is 113 cm³/mol. The van der Waals surface area contributed by atoms with E-state index in [0.29, 0.717) is 24.1 Å². The average Bonchev–Trinajstić information content (AvgIpc) is 2.69. The third kappa shape index (κ3) is 5.13. The Balaban J connectivity index is 0.000000287. The molecule has 2 atom stereocenters. The molecule has 0 spiro atoms. The second-order valence-corrected chi connectivity index (χ2v) is 7.97. The number of nitrogens with one attached hydrogen (secondary N) is 1. The molecule has 3 aromatic rings. The number of pyridine rings is 2. The fraction of sp³-hybridized carbons (Fsp3) is 0.348. The lowest BCUT2D eigenvalue weighted by molar-refractivity contribution is -0.0851. The minimum absolute atomic E-state index is 0.0969. The first-order valence-corrected chi connectivity index (χ1v) is 10.00. The Hall–Kier alpha value is -3.16. The maximum absolute atomic E-state index is 14.0. The molecule has 2 unspecified atom stereocenters. The number of carbonyl (C=O) groups excluding carboxylic acids is 1. The number of aryl methyl sites for hydroxylation is 1. The van der Waals surface area contributed by atoms with Crippen LogP contribution in [0.1, 0.15) is 53.8 Å². The number of benzene rings is 1. The molecule has 5 nitrogen and oxygen atoms in total. The number of hydrogen-bond donors (Lipinski definition) is 2. The summed E-state index contributed by atoms with van der Waals surface area (Å²) < 4.78 is 40.1. The number of fused-ring (bicyclic) bond motifs is 1. The van der Waals surface area contributed by atoms with E-state index in [2.05, 4.69) is 9.97 Å². The first kappa shape index (κ1) is 22.5. The number of hydrogen-bond acceptors (Lipinski definition) is 3. The third-order valence-electron chi connectivity index (χ3n) is 5.60. The number of carbonyl (C=O) groups is 1. The van der Waals surface area contributed by atoms with Crippen LogP contribution in [0.5, 0.6) is 0 Å². The van der Waals surface area contributed by atoms with Crippen LogP contribution in [-0.4, -0.2) is 21.8 Å². The Morgan fingerprint density at radius 1 is 1.23 bits per heavy atom. The van der Waals surface area contributed by atoms with Gasteiger partial charge in [0.25, 0.3) is 11.8 Å². The zero-order valence-corrected chi connectivity index (χ0v) is 17.3. The largest absolute Gasteiger partial charge is 0.364 e. The van der Waals surface area contributed by atoms with Crippen molar-refractivity contribution in [1.82, 2.24) is 9.97 Å². The van der Waals surface area contributed by atoms with E-state index in [1.165, 1.54) is 30.5 Å². The van der Waals surface area contributed by atoms with Crippen molar-refractivity contribution < 1.29 is 18.0 Å². The molecule has 3 N–H and O–H groups in total. The Labute approximate surface area is 177 Å². The number of alkyl halides is 2. The SMILES string of the molecule is CC1CCC(c2cc(=O)c3c(C(N)=O)nccc3[nH]2)CC1(F)F.Cc1cccc(F)c1. The van der Waals surface area contributed by atoms with Crippen molar-refractivity contribution in [3.05, 3.63) is 75.6 Å². The first-order chi connectivity index (χ1) is 14.6. The zero-order valence-electron chi connectivity index (χ0n) is 17.3. The van der Waals surface area contributed by atoms with Crippen molar-refractivity contribution in [2.45, 2.75) is 45.0 Å². The summed E-state index contributed by atoms with van der Waals surface area (Å²) in [6, 6.07) is 9.32. The molecule has 4 rings (SSSR count). The van der Waals surface area contributed by atoms with Crippen LogP contribution in [-0.2, 0) is 0 Å². The molecule has 0 saturated heterocycles. The quantitative estimate of drug-likeness (QED) is 0.617. The summed E-state index contributed by atoms with van der Waals surface area (Å²) in [7, 11) is 0. The van der Waals surface area contributed by atoms with Crippen LogP contribution in [0, 0.1) is 18.7 Å². The molecule has 1 amide bonds. The summed E-state index contributed by atoms with van der Waals surface area (Å²) in [5.41, 5.74) is 6.50. The van der Waals surface area contributed by atoms with E-state index in [1.54, 1.807) is 13.0 Å². The first-order valence-electron chi connectivity index (χ1n) is 10.00. The maximum Gasteiger partial charge on any atom is 0.268 e. The van der Waals surface area contributed by atoms with E-state index < -0.39 is 29.1 Å². The molecular formula is C23H24F3N3O2. The van der Waals surface area contributed by atoms with E-state index >= 15 is 0 Å². The lowest BCUT2D eigenvalue weighted by Gasteiger charge is -2.34. The molecule has 1 aromatic carbocycles. The summed E-state index contributed by atoms with van der Waals surface area (Å²) in [6.07, 6.45) is 2.07. The molecule has 1 aliphatic rings. The van der Waals surface area contributed by atoms with E-state index in [0.717, 1.165) is 5.56 Å². The Morgan fingerprint density at radius 2 is 1.97 bits per heavy atom. The molecule has 31 heavy (non-hydrogen) atoms. The second kappa shape index (κ2) is 8.91. The molecule has 164 valence electrons. The third-order valence-corrected chi connectivity index (χ3v) is 5.60. The number of aromatic amines is 1. The Kier molecular flexibility index (Phi) is 6.48. The van der Waals surface area contributed by atoms with Crippen molar-refractivity contribution >= 4 is 16.8 Å². The fourth-order valence-electron chi connectivity index (χ4n) is 3.79. The summed E-state index contributed by atoms with van der Waals surface area (Å²) in [5.74, 6) is -4.78. The van der Waals surface area contributed by atoms with Crippen LogP contribution in [0.15, 0.2) is 47.4 Å². The van der Waals surface area contributed by atoms with E-state index in [-0.39, 0.29) is 23.3 Å². The van der Waals surface area contributed by atoms with Gasteiger partial charge in [0.05, 0.1) is 10.9 Å². The van der Waals surface area contributed by atoms with Gasteiger partial charge in [0.2, 0.25) is 0 Å². The van der Waals surface area contributed by atoms with E-state index in [4.69, 9.17) is 5.73 Å². The minimum Gasteiger partial charge on any atom is -0.364 e. The Bertz CT molecular complexity index is 1140. The molecule has 2 aromatic heterocycles. The fourth-order valence-corrected chi connectivity index (χ4v) is 3.79. The van der Waals surface area contributed by atoms with Crippen LogP contribution in [0.4, 0.5) is 13.2 Å². The van der Waals surface area contributed by atoms with Crippen LogP contribution in [0.2, 0.25) is 0 Å². The number of primary amides is 1. The van der Waals surface area contributed by atoms with Gasteiger partial charge in [-0.15, -0.1) is 0 Å². The monoisotopic (exact) mass is 431 g/mol. The van der Waals surface area contributed by atoms with Crippen LogP contribution in [0.25, 0.3) is 10.9 Å². The van der Waals surface area contributed by atoms with Gasteiger partial charge in [-0.05, 0) is 43.5 Å². The van der Waals surface area contributed by atoms with Gasteiger partial charge in [-0.2, -0.15) is 0 Å². The lowest BCUT2D eigenvalue weighted by atomic mass is 9.78. The van der Waals surface area contributed by atoms with E-state index in [9.17, 15) is 22.8 Å². The number of amides is 1. The van der Waals surface area contributed by atoms with Crippen molar-refractivity contribution in [3.8, 4) is 0 Å². The zero-order chi connectivity index (χ0) is 22.8. The summed E-state index contributed by atoms with van der Waals surface area (Å²) in [4.78, 5) is 30.6. The molecule has 2 heterocycles. The molecule has 1 saturated carbocycles. The minimum atomic E-state index is -2.74. The van der Waals surface area contributed by atoms with Crippen molar-refractivity contribution in [1.29, 1.82) is 0 Å². The maximum atomic E-state index is 14.0. The average molecular weight is 431 g/mol. The molecule has 1 fully saturated rings. The number of rotatable bonds is 2. The number of H-pyrrole nitrogens is 1. The van der Waals surface area contributed by atoms with Crippen molar-refractivity contribution in [3.63, 3.8) is 0 Å². The van der Waals surface area contributed by atoms with Crippen LogP contribution in [0.3, 0.4) is 0 Å². The van der Waals surface area contributed by atoms with Gasteiger partial charge in [0, 0.05) is 36.2 Å². The molecule has 0 aliphatic heterocycles. The number of aromatic nitrogens is 2. The van der Waals surface area contributed by atoms with Crippen molar-refractivity contribution in [2.24, 2.45) is 11.7 Å². The van der Waals surface area contributed by atoms with Gasteiger partial charge < -0.3 is 10.7 Å². The van der Waals surface area contributed by atoms with Gasteiger partial charge in [0.15, 0.2) is 5.43 Å². The molecular weight excluding hydrogens is 407 g/mol. The van der Waals surface area contributed by atoms with Gasteiger partial charge in [-0.1, -0.05) is 19.1 Å². The highest BCUT2D eigenvalue weighted by Gasteiger charge is 2.43. The van der Waals surface area contributed by atoms with Crippen molar-refractivity contribution in [2.75, 3.05) is 0 Å². The summed E-state index contributed by atoms with van der Waals surface area (Å²) in [5, 5.41) is 0.0969. The molecule has 1 aliphatic carbocycles. The standard InChI is InChI=1S/C16H17F2N3O2.C7H7F/c1-8-2-3-9(7-16(8,17)18)11-6-12(22)13-10(21-11)4-5-20-14(13)15(19)23;1-6-3-2-4-7(8)5-6/h4-6,8-9H,2-3,7H2,1H3,(H2,19,23)(H,21,22);2-5H,1H3. The highest BCUT2D eigenvalue weighted by Crippen LogP contribution is 2.44. The molecule has 0 radical (unpaired) electrons. The smallest absolute Gasteiger partial charge is 0.268 e.